The van der Waals surface area contributed by atoms with Gasteiger partial charge in [-0.25, -0.2) is 19.2 Å². The lowest BCUT2D eigenvalue weighted by Gasteiger charge is -2.17. The molecule has 4 amide bonds. The van der Waals surface area contributed by atoms with Crippen LogP contribution in [0, 0.1) is 5.92 Å². The topological polar surface area (TPSA) is 237 Å². The molecule has 0 aliphatic carbocycles. The number of aliphatic carboxylic acids is 2. The van der Waals surface area contributed by atoms with Gasteiger partial charge in [-0.05, 0) is 50.7 Å². The van der Waals surface area contributed by atoms with Crippen LogP contribution < -0.4 is 42.8 Å². The van der Waals surface area contributed by atoms with Gasteiger partial charge in [-0.1, -0.05) is 74.5 Å². The van der Waals surface area contributed by atoms with Gasteiger partial charge in [-0.2, -0.15) is 9.13 Å². The Kier molecular flexibility index (Phi) is 21.4. The van der Waals surface area contributed by atoms with Crippen molar-refractivity contribution in [1.29, 1.82) is 0 Å². The monoisotopic (exact) mass is 865 g/mol. The average molecular weight is 866 g/mol. The van der Waals surface area contributed by atoms with Crippen LogP contribution in [0.5, 0.6) is 0 Å². The van der Waals surface area contributed by atoms with Crippen LogP contribution in [0.25, 0.3) is 0 Å². The van der Waals surface area contributed by atoms with E-state index in [4.69, 9.17) is 14.6 Å². The van der Waals surface area contributed by atoms with Crippen molar-refractivity contribution >= 4 is 35.9 Å². The van der Waals surface area contributed by atoms with E-state index in [1.165, 1.54) is 43.6 Å². The van der Waals surface area contributed by atoms with Crippen molar-refractivity contribution in [3.05, 3.63) is 132 Å². The van der Waals surface area contributed by atoms with Gasteiger partial charge >= 0.3 is 24.1 Å². The van der Waals surface area contributed by atoms with Gasteiger partial charge in [0.2, 0.25) is 0 Å². The molecule has 17 nitrogen and oxygen atoms in total. The number of benzene rings is 2. The van der Waals surface area contributed by atoms with E-state index in [9.17, 15) is 39.0 Å². The molecule has 4 rings (SSSR count). The number of aromatic nitrogens is 2. The number of carbonyl (C=O) groups is 6. The number of aliphatic hydroxyl groups excluding tert-OH is 1. The predicted octanol–water partition coefficient (Wildman–Crippen LogP) is -0.0152. The highest BCUT2D eigenvalue weighted by atomic mass is 35.5. The molecule has 0 fully saturated rings. The summed E-state index contributed by atoms with van der Waals surface area (Å²) in [4.78, 5) is 70.6. The molecular formula is C43H54ClN6O11+. The van der Waals surface area contributed by atoms with Gasteiger partial charge in [0.25, 0.3) is 25.3 Å². The van der Waals surface area contributed by atoms with Gasteiger partial charge < -0.3 is 58.5 Å². The zero-order valence-corrected chi connectivity index (χ0v) is 35.3. The Morgan fingerprint density at radius 1 is 0.541 bits per heavy atom. The van der Waals surface area contributed by atoms with Crippen molar-refractivity contribution in [2.75, 3.05) is 0 Å². The summed E-state index contributed by atoms with van der Waals surface area (Å²) in [5.41, 5.74) is 2.75. The van der Waals surface area contributed by atoms with Crippen LogP contribution in [0.15, 0.2) is 110 Å². The molecule has 5 atom stereocenters. The van der Waals surface area contributed by atoms with E-state index in [1.54, 1.807) is 35.4 Å². The van der Waals surface area contributed by atoms with Crippen LogP contribution in [-0.2, 0) is 45.4 Å². The first-order valence-corrected chi connectivity index (χ1v) is 19.2. The van der Waals surface area contributed by atoms with Gasteiger partial charge in [0, 0.05) is 36.3 Å². The molecule has 0 radical (unpaired) electrons. The zero-order chi connectivity index (χ0) is 44.2. The molecule has 2 heterocycles. The number of rotatable bonds is 18. The minimum atomic E-state index is -1.41. The average Bonchev–Trinajstić information content (AvgIpc) is 3.21. The van der Waals surface area contributed by atoms with E-state index in [2.05, 4.69) is 21.3 Å². The van der Waals surface area contributed by atoms with Crippen molar-refractivity contribution in [3.63, 3.8) is 0 Å². The first kappa shape index (κ1) is 50.6. The smallest absolute Gasteiger partial charge is 0.412 e. The van der Waals surface area contributed by atoms with Gasteiger partial charge in [0.15, 0.2) is 30.8 Å². The second-order valence-electron chi connectivity index (χ2n) is 14.4. The number of amides is 4. The molecule has 0 aliphatic heterocycles. The van der Waals surface area contributed by atoms with Gasteiger partial charge in [0.05, 0.1) is 17.2 Å². The fourth-order valence-electron chi connectivity index (χ4n) is 5.53. The Morgan fingerprint density at radius 2 is 0.885 bits per heavy atom. The van der Waals surface area contributed by atoms with Crippen molar-refractivity contribution in [2.24, 2.45) is 5.92 Å². The number of carboxylic acids is 2. The summed E-state index contributed by atoms with van der Waals surface area (Å²) in [6, 6.07) is 23.0. The first-order chi connectivity index (χ1) is 28.5. The number of nitrogens with zero attached hydrogens (tertiary/aromatic N) is 2. The van der Waals surface area contributed by atoms with Crippen LogP contribution in [0.3, 0.4) is 0 Å². The summed E-state index contributed by atoms with van der Waals surface area (Å²) >= 11 is 0. The SMILES string of the molecule is CC(C)[C@H](NC(=O)c1cc[n+](COC(=O)N[C@@H](C)Cc2ccccc2)cc1)C(=O)O.C[C@@H](Cc1ccccc1)NC(=O)OC[n+]1ccc(C(=O)N[C@H](C(=O)O)[C@@H](C)O)cc1.[Cl-]. The molecule has 0 bridgehead atoms. The van der Waals surface area contributed by atoms with Crippen LogP contribution in [-0.4, -0.2) is 81.5 Å². The molecule has 0 saturated carbocycles. The molecule has 2 aromatic heterocycles. The number of nitrogens with one attached hydrogen (secondary N) is 4. The van der Waals surface area contributed by atoms with Crippen molar-refractivity contribution < 1.29 is 75.1 Å². The van der Waals surface area contributed by atoms with Gasteiger partial charge in [0.1, 0.15) is 6.04 Å². The molecule has 4 aromatic rings. The third-order valence-corrected chi connectivity index (χ3v) is 8.75. The summed E-state index contributed by atoms with van der Waals surface area (Å²) in [5.74, 6) is -3.76. The molecule has 61 heavy (non-hydrogen) atoms. The number of carboxylic acid groups (broad SMARTS) is 2. The maximum absolute atomic E-state index is 12.2. The third kappa shape index (κ3) is 18.5. The molecule has 0 unspecified atom stereocenters. The van der Waals surface area contributed by atoms with Crippen molar-refractivity contribution in [3.8, 4) is 0 Å². The van der Waals surface area contributed by atoms with E-state index >= 15 is 0 Å². The normalized spacial score (nSPS) is 12.9. The number of carbonyl (C=O) groups excluding carboxylic acids is 4. The number of hydrogen-bond donors (Lipinski definition) is 7. The van der Waals surface area contributed by atoms with E-state index in [0.29, 0.717) is 18.4 Å². The summed E-state index contributed by atoms with van der Waals surface area (Å²) in [7, 11) is 0. The first-order valence-electron chi connectivity index (χ1n) is 19.2. The second kappa shape index (κ2) is 25.8. The van der Waals surface area contributed by atoms with E-state index in [-0.39, 0.29) is 49.4 Å². The standard InChI is InChI=1S/C22H27N3O5.C21H25N3O6.ClH/c1-15(2)19(21(27)28)24-20(26)18-9-11-25(12-10-18)14-30-22(29)23-16(3)13-17-7-5-4-6-8-17;1-14(12-16-6-4-3-5-7-16)22-21(29)30-13-24-10-8-17(9-11-24)19(26)23-18(15(2)25)20(27)28;/h4-12,15-16,19H,13-14H2,1-3H3,(H2-,23,24,26,27,28,29);3-11,14-15,18,25H,12-13H2,1-2H3,(H2-,22,23,26,27,28,29);1H/p+1/t16-,19-;14-,15+,18-;/m00./s1. The largest absolute Gasteiger partial charge is 1.00 e. The molecule has 18 heteroatoms. The number of halogens is 1. The number of hydrogen-bond acceptors (Lipinski definition) is 9. The highest BCUT2D eigenvalue weighted by Gasteiger charge is 2.26. The number of ether oxygens (including phenoxy) is 2. The summed E-state index contributed by atoms with van der Waals surface area (Å²) in [6.07, 6.45) is 5.25. The number of aliphatic hydroxyl groups is 1. The van der Waals surface area contributed by atoms with Crippen LogP contribution >= 0.6 is 0 Å². The molecule has 328 valence electrons. The van der Waals surface area contributed by atoms with Gasteiger partial charge in [-0.3, -0.25) is 9.59 Å². The highest BCUT2D eigenvalue weighted by molar-refractivity contribution is 5.97. The molecule has 2 aromatic carbocycles. The summed E-state index contributed by atoms with van der Waals surface area (Å²) in [6.45, 7) is 8.43. The summed E-state index contributed by atoms with van der Waals surface area (Å²) in [5, 5.41) is 37.9. The van der Waals surface area contributed by atoms with Crippen molar-refractivity contribution in [1.82, 2.24) is 21.3 Å². The third-order valence-electron chi connectivity index (χ3n) is 8.75. The maximum atomic E-state index is 12.2. The number of pyridine rings is 2. The summed E-state index contributed by atoms with van der Waals surface area (Å²) < 4.78 is 13.5. The Labute approximate surface area is 360 Å². The lowest BCUT2D eigenvalue weighted by molar-refractivity contribution is -0.727. The Balaban J connectivity index is 0.000000413. The zero-order valence-electron chi connectivity index (χ0n) is 34.6. The second-order valence-corrected chi connectivity index (χ2v) is 14.4. The minimum Gasteiger partial charge on any atom is -1.00 e. The van der Waals surface area contributed by atoms with E-state index in [0.717, 1.165) is 11.1 Å². The molecule has 0 spiro atoms. The fourth-order valence-corrected chi connectivity index (χ4v) is 5.53. The molecule has 0 aliphatic rings. The predicted molar refractivity (Wildman–Crippen MR) is 216 cm³/mol. The van der Waals surface area contributed by atoms with E-state index < -0.39 is 54.1 Å². The molecule has 0 saturated heterocycles. The minimum absolute atomic E-state index is 0. The quantitative estimate of drug-likeness (QED) is 0.0657. The lowest BCUT2D eigenvalue weighted by Crippen LogP contribution is -3.00. The van der Waals surface area contributed by atoms with Crippen LogP contribution in [0.2, 0.25) is 0 Å². The van der Waals surface area contributed by atoms with Gasteiger partial charge in [-0.15, -0.1) is 0 Å². The van der Waals surface area contributed by atoms with Crippen LogP contribution in [0.1, 0.15) is 66.5 Å². The van der Waals surface area contributed by atoms with Crippen molar-refractivity contribution in [2.45, 2.75) is 91.2 Å². The Hall–Kier alpha value is -6.59. The fraction of sp³-hybridized carbons (Fsp3) is 0.349. The highest BCUT2D eigenvalue weighted by Crippen LogP contribution is 2.06. The lowest BCUT2D eigenvalue weighted by atomic mass is 10.0. The Bertz CT molecular complexity index is 1860. The molecular weight excluding hydrogens is 812 g/mol. The van der Waals surface area contributed by atoms with E-state index in [1.807, 2.05) is 74.5 Å². The van der Waals surface area contributed by atoms with Crippen LogP contribution in [0.4, 0.5) is 9.59 Å². The maximum Gasteiger partial charge on any atom is 0.412 e. The molecule has 7 N–H and O–H groups in total. The Morgan fingerprint density at radius 3 is 1.20 bits per heavy atom. The number of alkyl carbamates (subject to hydrolysis) is 2.